The van der Waals surface area contributed by atoms with Crippen LogP contribution in [0.1, 0.15) is 6.42 Å². The van der Waals surface area contributed by atoms with Crippen molar-refractivity contribution in [3.63, 3.8) is 0 Å². The third kappa shape index (κ3) is 3.39. The molecule has 0 bridgehead atoms. The zero-order chi connectivity index (χ0) is 18.1. The second-order valence-electron chi connectivity index (χ2n) is 6.23. The van der Waals surface area contributed by atoms with Crippen LogP contribution in [-0.2, 0) is 9.59 Å². The summed E-state index contributed by atoms with van der Waals surface area (Å²) in [6, 6.07) is 12.8. The zero-order valence-electron chi connectivity index (χ0n) is 13.9. The summed E-state index contributed by atoms with van der Waals surface area (Å²) < 4.78 is 12.0. The molecule has 2 amide bonds. The highest BCUT2D eigenvalue weighted by atomic mass is 79.9. The first-order valence-corrected chi connectivity index (χ1v) is 9.16. The molecule has 26 heavy (non-hydrogen) atoms. The Labute approximate surface area is 159 Å². The van der Waals surface area contributed by atoms with Crippen molar-refractivity contribution < 1.29 is 19.1 Å². The molecule has 134 valence electrons. The number of fused-ring (bicyclic) bond motifs is 1. The summed E-state index contributed by atoms with van der Waals surface area (Å²) in [5.74, 6) is 0.682. The van der Waals surface area contributed by atoms with E-state index >= 15 is 0 Å². The third-order valence-corrected chi connectivity index (χ3v) is 4.92. The minimum absolute atomic E-state index is 0.0731. The monoisotopic (exact) mass is 416 g/mol. The molecule has 2 aromatic carbocycles. The largest absolute Gasteiger partial charge is 0.486 e. The minimum Gasteiger partial charge on any atom is -0.486 e. The molecular formula is C19H17BrN2O4. The Balaban J connectivity index is 1.47. The van der Waals surface area contributed by atoms with E-state index in [-0.39, 0.29) is 18.2 Å². The second kappa shape index (κ2) is 6.99. The standard InChI is InChI=1S/C19H17BrN2O4/c20-13-2-1-3-14(9-13)21-19(24)12-8-18(23)22(11-12)15-4-5-16-17(10-15)26-7-6-25-16/h1-5,9-10,12H,6-8,11H2,(H,21,24). The molecule has 0 aliphatic carbocycles. The van der Waals surface area contributed by atoms with Crippen LogP contribution in [0.3, 0.4) is 0 Å². The van der Waals surface area contributed by atoms with Crippen LogP contribution in [0.4, 0.5) is 11.4 Å². The van der Waals surface area contributed by atoms with Crippen LogP contribution in [0.25, 0.3) is 0 Å². The van der Waals surface area contributed by atoms with Gasteiger partial charge in [-0.25, -0.2) is 0 Å². The number of carbonyl (C=O) groups is 2. The quantitative estimate of drug-likeness (QED) is 0.833. The van der Waals surface area contributed by atoms with Crippen molar-refractivity contribution in [2.24, 2.45) is 5.92 Å². The molecule has 1 unspecified atom stereocenters. The van der Waals surface area contributed by atoms with Gasteiger partial charge in [0.1, 0.15) is 13.2 Å². The van der Waals surface area contributed by atoms with Gasteiger partial charge in [0, 0.05) is 34.9 Å². The highest BCUT2D eigenvalue weighted by molar-refractivity contribution is 9.10. The number of rotatable bonds is 3. The van der Waals surface area contributed by atoms with Gasteiger partial charge in [-0.2, -0.15) is 0 Å². The first-order chi connectivity index (χ1) is 12.6. The molecule has 1 atom stereocenters. The van der Waals surface area contributed by atoms with Crippen molar-refractivity contribution in [2.45, 2.75) is 6.42 Å². The topological polar surface area (TPSA) is 67.9 Å². The van der Waals surface area contributed by atoms with Crippen LogP contribution in [-0.4, -0.2) is 31.6 Å². The number of hydrogen-bond acceptors (Lipinski definition) is 4. The van der Waals surface area contributed by atoms with E-state index in [1.165, 1.54) is 0 Å². The Kier molecular flexibility index (Phi) is 4.55. The maximum atomic E-state index is 12.5. The van der Waals surface area contributed by atoms with Gasteiger partial charge in [0.25, 0.3) is 0 Å². The molecule has 7 heteroatoms. The lowest BCUT2D eigenvalue weighted by Gasteiger charge is -2.22. The molecule has 0 saturated carbocycles. The molecule has 2 aromatic rings. The molecule has 2 aliphatic rings. The van der Waals surface area contributed by atoms with Crippen LogP contribution in [0.5, 0.6) is 11.5 Å². The highest BCUT2D eigenvalue weighted by Gasteiger charge is 2.35. The fraction of sp³-hybridized carbons (Fsp3) is 0.263. The number of carbonyl (C=O) groups excluding carboxylic acids is 2. The maximum Gasteiger partial charge on any atom is 0.229 e. The summed E-state index contributed by atoms with van der Waals surface area (Å²) in [6.07, 6.45) is 0.189. The normalized spacial score (nSPS) is 18.7. The van der Waals surface area contributed by atoms with Crippen LogP contribution < -0.4 is 19.7 Å². The van der Waals surface area contributed by atoms with E-state index in [1.54, 1.807) is 17.0 Å². The fourth-order valence-electron chi connectivity index (χ4n) is 3.14. The van der Waals surface area contributed by atoms with Crippen molar-refractivity contribution in [3.05, 3.63) is 46.9 Å². The molecule has 4 rings (SSSR count). The summed E-state index contributed by atoms with van der Waals surface area (Å²) in [7, 11) is 0. The van der Waals surface area contributed by atoms with E-state index in [4.69, 9.17) is 9.47 Å². The molecule has 0 radical (unpaired) electrons. The Hall–Kier alpha value is -2.54. The SMILES string of the molecule is O=C(Nc1cccc(Br)c1)C1CC(=O)N(c2ccc3c(c2)OCCO3)C1. The summed E-state index contributed by atoms with van der Waals surface area (Å²) >= 11 is 3.38. The van der Waals surface area contributed by atoms with Crippen LogP contribution in [0.2, 0.25) is 0 Å². The second-order valence-corrected chi connectivity index (χ2v) is 7.15. The third-order valence-electron chi connectivity index (χ3n) is 4.43. The van der Waals surface area contributed by atoms with Gasteiger partial charge in [-0.05, 0) is 30.3 Å². The van der Waals surface area contributed by atoms with E-state index in [0.29, 0.717) is 36.9 Å². The predicted octanol–water partition coefficient (Wildman–Crippen LogP) is 3.21. The van der Waals surface area contributed by atoms with Gasteiger partial charge in [0.05, 0.1) is 5.92 Å². The van der Waals surface area contributed by atoms with Gasteiger partial charge in [0.15, 0.2) is 11.5 Å². The fourth-order valence-corrected chi connectivity index (χ4v) is 3.54. The summed E-state index contributed by atoms with van der Waals surface area (Å²) in [4.78, 5) is 26.6. The number of halogens is 1. The van der Waals surface area contributed by atoms with Gasteiger partial charge >= 0.3 is 0 Å². The van der Waals surface area contributed by atoms with Crippen molar-refractivity contribution in [2.75, 3.05) is 30.0 Å². The molecule has 0 spiro atoms. The van der Waals surface area contributed by atoms with E-state index in [2.05, 4.69) is 21.2 Å². The Morgan fingerprint density at radius 2 is 1.92 bits per heavy atom. The lowest BCUT2D eigenvalue weighted by atomic mass is 10.1. The molecule has 1 fully saturated rings. The van der Waals surface area contributed by atoms with Crippen molar-refractivity contribution in [3.8, 4) is 11.5 Å². The summed E-state index contributed by atoms with van der Waals surface area (Å²) in [6.45, 7) is 1.35. The maximum absolute atomic E-state index is 12.5. The van der Waals surface area contributed by atoms with Crippen LogP contribution in [0.15, 0.2) is 46.9 Å². The van der Waals surface area contributed by atoms with E-state index in [0.717, 1.165) is 10.2 Å². The van der Waals surface area contributed by atoms with E-state index in [1.807, 2.05) is 30.3 Å². The number of nitrogens with zero attached hydrogens (tertiary/aromatic N) is 1. The minimum atomic E-state index is -0.394. The molecular weight excluding hydrogens is 400 g/mol. The molecule has 2 aliphatic heterocycles. The lowest BCUT2D eigenvalue weighted by molar-refractivity contribution is -0.122. The first kappa shape index (κ1) is 16.9. The average molecular weight is 417 g/mol. The number of nitrogens with one attached hydrogen (secondary N) is 1. The molecule has 2 heterocycles. The summed E-state index contributed by atoms with van der Waals surface area (Å²) in [5, 5.41) is 2.87. The average Bonchev–Trinajstić information content (AvgIpc) is 3.03. The number of amides is 2. The van der Waals surface area contributed by atoms with Gasteiger partial charge < -0.3 is 19.7 Å². The van der Waals surface area contributed by atoms with Gasteiger partial charge in [-0.3, -0.25) is 9.59 Å². The van der Waals surface area contributed by atoms with E-state index in [9.17, 15) is 9.59 Å². The van der Waals surface area contributed by atoms with Gasteiger partial charge in [0.2, 0.25) is 11.8 Å². The predicted molar refractivity (Wildman–Crippen MR) is 101 cm³/mol. The van der Waals surface area contributed by atoms with Gasteiger partial charge in [-0.1, -0.05) is 22.0 Å². The molecule has 6 nitrogen and oxygen atoms in total. The number of benzene rings is 2. The number of anilines is 2. The lowest BCUT2D eigenvalue weighted by Crippen LogP contribution is -2.28. The van der Waals surface area contributed by atoms with E-state index < -0.39 is 5.92 Å². The smallest absolute Gasteiger partial charge is 0.229 e. The Bertz CT molecular complexity index is 870. The van der Waals surface area contributed by atoms with Gasteiger partial charge in [-0.15, -0.1) is 0 Å². The molecule has 1 N–H and O–H groups in total. The van der Waals surface area contributed by atoms with Crippen LogP contribution >= 0.6 is 15.9 Å². The number of hydrogen-bond donors (Lipinski definition) is 1. The van der Waals surface area contributed by atoms with Crippen molar-refractivity contribution in [1.82, 2.24) is 0 Å². The Morgan fingerprint density at radius 3 is 2.73 bits per heavy atom. The van der Waals surface area contributed by atoms with Crippen molar-refractivity contribution >= 4 is 39.1 Å². The number of ether oxygens (including phenoxy) is 2. The Morgan fingerprint density at radius 1 is 1.12 bits per heavy atom. The summed E-state index contributed by atoms with van der Waals surface area (Å²) in [5.41, 5.74) is 1.42. The van der Waals surface area contributed by atoms with Crippen molar-refractivity contribution in [1.29, 1.82) is 0 Å². The highest BCUT2D eigenvalue weighted by Crippen LogP contribution is 2.36. The zero-order valence-corrected chi connectivity index (χ0v) is 15.5. The van der Waals surface area contributed by atoms with Crippen LogP contribution in [0, 0.1) is 5.92 Å². The molecule has 0 aromatic heterocycles. The first-order valence-electron chi connectivity index (χ1n) is 8.36. The molecule has 1 saturated heterocycles.